The summed E-state index contributed by atoms with van der Waals surface area (Å²) < 4.78 is 5.74. The molecule has 0 saturated carbocycles. The average molecular weight is 413 g/mol. The van der Waals surface area contributed by atoms with Gasteiger partial charge in [0.1, 0.15) is 12.1 Å². The van der Waals surface area contributed by atoms with Crippen molar-refractivity contribution in [3.8, 4) is 0 Å². The number of carbonyl (C=O) groups is 2. The van der Waals surface area contributed by atoms with Crippen molar-refractivity contribution in [1.82, 2.24) is 5.32 Å². The second kappa shape index (κ2) is 18.9. The molecule has 0 aromatic carbocycles. The highest BCUT2D eigenvalue weighted by atomic mass is 16.5. The molecule has 0 aliphatic carbocycles. The molecule has 0 aliphatic heterocycles. The van der Waals surface area contributed by atoms with Crippen LogP contribution in [0.4, 0.5) is 0 Å². The van der Waals surface area contributed by atoms with Gasteiger partial charge in [-0.2, -0.15) is 0 Å². The van der Waals surface area contributed by atoms with Gasteiger partial charge in [-0.25, -0.2) is 0 Å². The van der Waals surface area contributed by atoms with Crippen molar-refractivity contribution in [3.63, 3.8) is 0 Å². The topological polar surface area (TPSA) is 78.5 Å². The van der Waals surface area contributed by atoms with Gasteiger partial charge in [-0.1, -0.05) is 85.5 Å². The Kier molecular flexibility index (Phi) is 18.2. The molecule has 0 aromatic heterocycles. The maximum absolute atomic E-state index is 12.7. The minimum absolute atomic E-state index is 0.119. The molecule has 0 saturated heterocycles. The Labute approximate surface area is 179 Å². The molecule has 5 heteroatoms. The number of carboxylic acids is 1. The van der Waals surface area contributed by atoms with Crippen molar-refractivity contribution in [2.45, 2.75) is 130 Å². The Bertz CT molecular complexity index is 414. The lowest BCUT2D eigenvalue weighted by Crippen LogP contribution is -2.45. The number of ether oxygens (including phenoxy) is 1. The van der Waals surface area contributed by atoms with Crippen LogP contribution in [-0.2, 0) is 14.3 Å². The van der Waals surface area contributed by atoms with Gasteiger partial charge in [0.25, 0.3) is 0 Å². The van der Waals surface area contributed by atoms with E-state index in [1.807, 2.05) is 0 Å². The van der Waals surface area contributed by atoms with Gasteiger partial charge in [-0.3, -0.25) is 4.79 Å². The summed E-state index contributed by atoms with van der Waals surface area (Å²) in [7, 11) is 0. The van der Waals surface area contributed by atoms with Gasteiger partial charge in [-0.05, 0) is 38.1 Å². The van der Waals surface area contributed by atoms with Gasteiger partial charge in [0.05, 0.1) is 0 Å². The quantitative estimate of drug-likeness (QED) is 0.230. The molecule has 2 unspecified atom stereocenters. The highest BCUT2D eigenvalue weighted by Crippen LogP contribution is 2.16. The molecule has 3 atom stereocenters. The Morgan fingerprint density at radius 1 is 0.828 bits per heavy atom. The summed E-state index contributed by atoms with van der Waals surface area (Å²) in [5.41, 5.74) is 0. The Morgan fingerprint density at radius 2 is 1.48 bits per heavy atom. The van der Waals surface area contributed by atoms with E-state index in [9.17, 15) is 14.7 Å². The van der Waals surface area contributed by atoms with Gasteiger partial charge in [-0.15, -0.1) is 0 Å². The van der Waals surface area contributed by atoms with Crippen LogP contribution in [0.2, 0.25) is 0 Å². The van der Waals surface area contributed by atoms with Crippen molar-refractivity contribution < 1.29 is 19.4 Å². The minimum Gasteiger partial charge on any atom is -0.550 e. The predicted molar refractivity (Wildman–Crippen MR) is 118 cm³/mol. The fourth-order valence-corrected chi connectivity index (χ4v) is 3.64. The van der Waals surface area contributed by atoms with E-state index in [2.05, 4.69) is 33.0 Å². The highest BCUT2D eigenvalue weighted by molar-refractivity contribution is 5.81. The number of hydrogen-bond acceptors (Lipinski definition) is 5. The third-order valence-electron chi connectivity index (χ3n) is 5.62. The van der Waals surface area contributed by atoms with Crippen molar-refractivity contribution >= 4 is 11.9 Å². The van der Waals surface area contributed by atoms with Crippen LogP contribution in [0.1, 0.15) is 118 Å². The number of esters is 1. The van der Waals surface area contributed by atoms with Gasteiger partial charge in [0.2, 0.25) is 0 Å². The molecule has 172 valence electrons. The lowest BCUT2D eigenvalue weighted by Gasteiger charge is -2.25. The van der Waals surface area contributed by atoms with E-state index in [0.717, 1.165) is 57.8 Å². The van der Waals surface area contributed by atoms with Crippen molar-refractivity contribution in [2.24, 2.45) is 5.92 Å². The molecule has 0 heterocycles. The molecule has 0 aliphatic rings. The molecule has 0 radical (unpaired) electrons. The fourth-order valence-electron chi connectivity index (χ4n) is 3.64. The Hall–Kier alpha value is -1.10. The molecule has 29 heavy (non-hydrogen) atoms. The molecule has 0 bridgehead atoms. The normalized spacial score (nSPS) is 14.3. The second-order valence-corrected chi connectivity index (χ2v) is 8.36. The van der Waals surface area contributed by atoms with Crippen LogP contribution in [0.3, 0.4) is 0 Å². The number of unbranched alkanes of at least 4 members (excludes halogenated alkanes) is 6. The summed E-state index contributed by atoms with van der Waals surface area (Å²) in [4.78, 5) is 23.8. The summed E-state index contributed by atoms with van der Waals surface area (Å²) >= 11 is 0. The zero-order chi connectivity index (χ0) is 21.9. The lowest BCUT2D eigenvalue weighted by atomic mass is 9.99. The largest absolute Gasteiger partial charge is 0.550 e. The van der Waals surface area contributed by atoms with E-state index in [1.165, 1.54) is 25.7 Å². The first-order valence-corrected chi connectivity index (χ1v) is 12.1. The van der Waals surface area contributed by atoms with E-state index >= 15 is 0 Å². The second-order valence-electron chi connectivity index (χ2n) is 8.36. The number of carbonyl (C=O) groups excluding carboxylic acids is 2. The molecule has 5 nitrogen and oxygen atoms in total. The maximum Gasteiger partial charge on any atom is 0.323 e. The van der Waals surface area contributed by atoms with E-state index in [0.29, 0.717) is 12.5 Å². The van der Waals surface area contributed by atoms with E-state index in [1.54, 1.807) is 0 Å². The number of rotatable bonds is 20. The summed E-state index contributed by atoms with van der Waals surface area (Å²) in [5.74, 6) is -1.21. The zero-order valence-electron chi connectivity index (χ0n) is 19.5. The molecule has 0 rings (SSSR count). The molecular weight excluding hydrogens is 366 g/mol. The van der Waals surface area contributed by atoms with Gasteiger partial charge >= 0.3 is 5.97 Å². The summed E-state index contributed by atoms with van der Waals surface area (Å²) in [6.07, 6.45) is 13.8. The average Bonchev–Trinajstić information content (AvgIpc) is 2.69. The number of nitrogens with one attached hydrogen (secondary N) is 1. The monoisotopic (exact) mass is 412 g/mol. The molecule has 0 spiro atoms. The third-order valence-corrected chi connectivity index (χ3v) is 5.62. The fraction of sp³-hybridized carbons (Fsp3) is 0.917. The molecular formula is C24H46NO4-. The SMILES string of the molecule is CCCCCCCCC(CCC)OC(=O)[C@H](CC(=O)[O-])NCC(CC)CCCC. The zero-order valence-corrected chi connectivity index (χ0v) is 19.5. The first kappa shape index (κ1) is 27.9. The smallest absolute Gasteiger partial charge is 0.323 e. The standard InChI is InChI=1S/C24H47NO4/c1-5-9-11-12-13-14-17-21(15-7-3)29-24(28)22(18-23(26)27)25-19-20(8-4)16-10-6-2/h20-22,25H,5-19H2,1-4H3,(H,26,27)/p-1/t20?,21?,22-/m0/s1. The van der Waals surface area contributed by atoms with E-state index in [-0.39, 0.29) is 12.5 Å². The number of aliphatic carboxylic acids is 1. The van der Waals surface area contributed by atoms with Crippen LogP contribution in [0.15, 0.2) is 0 Å². The van der Waals surface area contributed by atoms with Crippen LogP contribution >= 0.6 is 0 Å². The predicted octanol–water partition coefficient (Wildman–Crippen LogP) is 4.76. The van der Waals surface area contributed by atoms with Gasteiger partial charge in [0, 0.05) is 12.4 Å². The minimum atomic E-state index is -1.22. The van der Waals surface area contributed by atoms with Crippen molar-refractivity contribution in [2.75, 3.05) is 6.54 Å². The van der Waals surface area contributed by atoms with Crippen molar-refractivity contribution in [1.29, 1.82) is 0 Å². The summed E-state index contributed by atoms with van der Waals surface area (Å²) in [6, 6.07) is -0.820. The number of carboxylic acid groups (broad SMARTS) is 1. The van der Waals surface area contributed by atoms with Gasteiger partial charge < -0.3 is 20.0 Å². The molecule has 0 aromatic rings. The van der Waals surface area contributed by atoms with E-state index < -0.39 is 18.0 Å². The van der Waals surface area contributed by atoms with Gasteiger partial charge in [0.15, 0.2) is 0 Å². The highest BCUT2D eigenvalue weighted by Gasteiger charge is 2.24. The Morgan fingerprint density at radius 3 is 2.07 bits per heavy atom. The van der Waals surface area contributed by atoms with Crippen molar-refractivity contribution in [3.05, 3.63) is 0 Å². The maximum atomic E-state index is 12.7. The van der Waals surface area contributed by atoms with Crippen LogP contribution in [0, 0.1) is 5.92 Å². The van der Waals surface area contributed by atoms with Crippen LogP contribution in [-0.4, -0.2) is 30.6 Å². The van der Waals surface area contributed by atoms with Crippen LogP contribution in [0.5, 0.6) is 0 Å². The summed E-state index contributed by atoms with van der Waals surface area (Å²) in [5, 5.41) is 14.3. The summed E-state index contributed by atoms with van der Waals surface area (Å²) in [6.45, 7) is 9.22. The first-order chi connectivity index (χ1) is 14.0. The molecule has 0 fully saturated rings. The Balaban J connectivity index is 4.61. The third kappa shape index (κ3) is 15.4. The first-order valence-electron chi connectivity index (χ1n) is 12.1. The number of hydrogen-bond donors (Lipinski definition) is 1. The molecule has 0 amide bonds. The molecule has 1 N–H and O–H groups in total. The van der Waals surface area contributed by atoms with Crippen LogP contribution in [0.25, 0.3) is 0 Å². The lowest BCUT2D eigenvalue weighted by molar-refractivity contribution is -0.306. The van der Waals surface area contributed by atoms with Crippen LogP contribution < -0.4 is 10.4 Å². The van der Waals surface area contributed by atoms with E-state index in [4.69, 9.17) is 4.74 Å².